The lowest BCUT2D eigenvalue weighted by atomic mass is 10.1. The highest BCUT2D eigenvalue weighted by Crippen LogP contribution is 2.37. The van der Waals surface area contributed by atoms with E-state index in [0.29, 0.717) is 5.84 Å². The molecule has 0 saturated heterocycles. The summed E-state index contributed by atoms with van der Waals surface area (Å²) >= 11 is 0. The number of aromatic nitrogens is 3. The summed E-state index contributed by atoms with van der Waals surface area (Å²) in [6.07, 6.45) is 8.60. The summed E-state index contributed by atoms with van der Waals surface area (Å²) in [5.74, 6) is 1.44. The molecule has 0 N–H and O–H groups in total. The molecule has 7 heteroatoms. The van der Waals surface area contributed by atoms with E-state index in [4.69, 9.17) is 14.4 Å². The van der Waals surface area contributed by atoms with Gasteiger partial charge < -0.3 is 9.32 Å². The zero-order valence-electron chi connectivity index (χ0n) is 18.9. The number of aliphatic imine (C=N–C) groups is 2. The Bertz CT molecular complexity index is 1770. The molecule has 0 fully saturated rings. The summed E-state index contributed by atoms with van der Waals surface area (Å²) in [5, 5.41) is 3.27. The minimum absolute atomic E-state index is 0.266. The van der Waals surface area contributed by atoms with Crippen molar-refractivity contribution in [2.24, 2.45) is 9.98 Å². The predicted octanol–water partition coefficient (Wildman–Crippen LogP) is 5.63. The average Bonchev–Trinajstić information content (AvgIpc) is 3.52. The van der Waals surface area contributed by atoms with Gasteiger partial charge in [0.1, 0.15) is 5.58 Å². The lowest BCUT2D eigenvalue weighted by Gasteiger charge is -2.33. The molecule has 35 heavy (non-hydrogen) atoms. The number of benzene rings is 2. The Morgan fingerprint density at radius 3 is 2.40 bits per heavy atom. The molecule has 1 aliphatic heterocycles. The van der Waals surface area contributed by atoms with Crippen LogP contribution >= 0.6 is 0 Å². The second kappa shape index (κ2) is 7.63. The van der Waals surface area contributed by atoms with Crippen LogP contribution in [0.5, 0.6) is 0 Å². The van der Waals surface area contributed by atoms with Gasteiger partial charge in [0, 0.05) is 48.2 Å². The maximum absolute atomic E-state index is 5.94. The van der Waals surface area contributed by atoms with Gasteiger partial charge in [-0.15, -0.1) is 0 Å². The fraction of sp³-hybridized carbons (Fsp3) is 0.0714. The van der Waals surface area contributed by atoms with Gasteiger partial charge in [-0.1, -0.05) is 18.2 Å². The molecule has 168 valence electrons. The molecule has 0 aliphatic carbocycles. The van der Waals surface area contributed by atoms with Crippen molar-refractivity contribution in [3.05, 3.63) is 109 Å². The third-order valence-electron chi connectivity index (χ3n) is 6.53. The van der Waals surface area contributed by atoms with Crippen LogP contribution in [0.15, 0.2) is 112 Å². The van der Waals surface area contributed by atoms with Gasteiger partial charge in [0.25, 0.3) is 0 Å². The van der Waals surface area contributed by atoms with Crippen LogP contribution in [0.25, 0.3) is 32.8 Å². The summed E-state index contributed by atoms with van der Waals surface area (Å²) in [6.45, 7) is 0. The van der Waals surface area contributed by atoms with Crippen molar-refractivity contribution in [1.82, 2.24) is 19.4 Å². The zero-order chi connectivity index (χ0) is 23.4. The third-order valence-corrected chi connectivity index (χ3v) is 6.53. The number of hydrogen-bond donors (Lipinski definition) is 0. The topological polar surface area (TPSA) is 71.8 Å². The molecule has 0 radical (unpaired) electrons. The Morgan fingerprint density at radius 2 is 1.57 bits per heavy atom. The van der Waals surface area contributed by atoms with Gasteiger partial charge in [0.2, 0.25) is 5.96 Å². The lowest BCUT2D eigenvalue weighted by molar-refractivity contribution is 0.372. The van der Waals surface area contributed by atoms with Gasteiger partial charge in [-0.05, 0) is 54.1 Å². The number of para-hydroxylation sites is 1. The Balaban J connectivity index is 1.54. The van der Waals surface area contributed by atoms with Crippen LogP contribution in [-0.4, -0.2) is 38.3 Å². The average molecular weight is 457 g/mol. The fourth-order valence-corrected chi connectivity index (χ4v) is 4.89. The number of furan rings is 1. The highest BCUT2D eigenvalue weighted by molar-refractivity contribution is 6.23. The van der Waals surface area contributed by atoms with Crippen LogP contribution in [0, 0.1) is 0 Å². The molecule has 0 saturated carbocycles. The maximum atomic E-state index is 5.94. The van der Waals surface area contributed by atoms with Gasteiger partial charge in [0.15, 0.2) is 12.0 Å². The summed E-state index contributed by atoms with van der Waals surface area (Å²) in [6, 6.07) is 22.5. The van der Waals surface area contributed by atoms with Crippen LogP contribution in [-0.2, 0) is 0 Å². The predicted molar refractivity (Wildman–Crippen MR) is 138 cm³/mol. The van der Waals surface area contributed by atoms with E-state index in [1.807, 2.05) is 37.4 Å². The maximum Gasteiger partial charge on any atom is 0.214 e. The van der Waals surface area contributed by atoms with Crippen LogP contribution in [0.4, 0.5) is 0 Å². The molecular weight excluding hydrogens is 436 g/mol. The van der Waals surface area contributed by atoms with Crippen molar-refractivity contribution in [3.8, 4) is 0 Å². The van der Waals surface area contributed by atoms with E-state index in [0.717, 1.165) is 49.9 Å². The Kier molecular flexibility index (Phi) is 4.29. The molecule has 7 rings (SSSR count). The first-order chi connectivity index (χ1) is 17.3. The van der Waals surface area contributed by atoms with Crippen molar-refractivity contribution < 1.29 is 4.42 Å². The van der Waals surface area contributed by atoms with Crippen molar-refractivity contribution in [1.29, 1.82) is 0 Å². The van der Waals surface area contributed by atoms with E-state index >= 15 is 0 Å². The van der Waals surface area contributed by atoms with Gasteiger partial charge in [-0.25, -0.2) is 4.99 Å². The molecule has 6 aromatic rings. The first-order valence-electron chi connectivity index (χ1n) is 11.4. The summed E-state index contributed by atoms with van der Waals surface area (Å²) in [4.78, 5) is 20.6. The Hall–Kier alpha value is -4.78. The molecule has 4 aromatic heterocycles. The molecule has 1 atom stereocenters. The second-order valence-electron chi connectivity index (χ2n) is 8.52. The number of hydrogen-bond acceptors (Lipinski definition) is 6. The van der Waals surface area contributed by atoms with Crippen LogP contribution in [0.2, 0.25) is 0 Å². The van der Waals surface area contributed by atoms with Crippen LogP contribution in [0.1, 0.15) is 17.3 Å². The molecule has 0 amide bonds. The van der Waals surface area contributed by atoms with Crippen molar-refractivity contribution in [2.75, 3.05) is 7.05 Å². The third kappa shape index (κ3) is 2.98. The molecule has 5 heterocycles. The van der Waals surface area contributed by atoms with Crippen LogP contribution < -0.4 is 0 Å². The van der Waals surface area contributed by atoms with E-state index in [2.05, 4.69) is 55.8 Å². The van der Waals surface area contributed by atoms with E-state index in [1.165, 1.54) is 0 Å². The molecule has 1 unspecified atom stereocenters. The van der Waals surface area contributed by atoms with Gasteiger partial charge >= 0.3 is 0 Å². The monoisotopic (exact) mass is 456 g/mol. The number of rotatable bonds is 2. The minimum Gasteiger partial charge on any atom is -0.464 e. The highest BCUT2D eigenvalue weighted by atomic mass is 16.3. The Labute approximate surface area is 200 Å². The standard InChI is InChI=1S/C28H20N6O/c1-33-27(20-10-15-30-16-11-20)31-26(19-8-13-29-14-9-19)32-28(33)34-22-5-3-2-4-21(22)24-23(34)7-6-18-12-17-35-25(18)24/h2-17,27H,1H3. The van der Waals surface area contributed by atoms with Gasteiger partial charge in [-0.2, -0.15) is 4.99 Å². The quantitative estimate of drug-likeness (QED) is 0.339. The number of amidine groups is 1. The van der Waals surface area contributed by atoms with Crippen molar-refractivity contribution in [2.45, 2.75) is 6.17 Å². The first kappa shape index (κ1) is 19.7. The molecule has 1 aliphatic rings. The highest BCUT2D eigenvalue weighted by Gasteiger charge is 2.29. The SMILES string of the molecule is CN1C(n2c3ccccc3c3c4occc4ccc32)=NC(c2ccncc2)=NC1c1ccncc1. The normalized spacial score (nSPS) is 16.1. The van der Waals surface area contributed by atoms with Crippen LogP contribution in [0.3, 0.4) is 0 Å². The number of nitrogens with zero attached hydrogens (tertiary/aromatic N) is 6. The largest absolute Gasteiger partial charge is 0.464 e. The molecule has 2 aromatic carbocycles. The minimum atomic E-state index is -0.266. The summed E-state index contributed by atoms with van der Waals surface area (Å²) < 4.78 is 8.15. The zero-order valence-corrected chi connectivity index (χ0v) is 18.9. The fourth-order valence-electron chi connectivity index (χ4n) is 4.89. The molecular formula is C28H20N6O. The first-order valence-corrected chi connectivity index (χ1v) is 11.4. The van der Waals surface area contributed by atoms with Crippen molar-refractivity contribution >= 4 is 44.6 Å². The molecule has 0 bridgehead atoms. The lowest BCUT2D eigenvalue weighted by Crippen LogP contribution is -2.39. The summed E-state index contributed by atoms with van der Waals surface area (Å²) in [5.41, 5.74) is 4.92. The molecule has 0 spiro atoms. The van der Waals surface area contributed by atoms with E-state index in [9.17, 15) is 0 Å². The van der Waals surface area contributed by atoms with E-state index < -0.39 is 0 Å². The van der Waals surface area contributed by atoms with Gasteiger partial charge in [0.05, 0.1) is 22.7 Å². The van der Waals surface area contributed by atoms with Crippen molar-refractivity contribution in [3.63, 3.8) is 0 Å². The van der Waals surface area contributed by atoms with Gasteiger partial charge in [-0.3, -0.25) is 14.5 Å². The number of fused-ring (bicyclic) bond motifs is 5. The van der Waals surface area contributed by atoms with E-state index in [1.54, 1.807) is 31.1 Å². The number of pyridine rings is 2. The second-order valence-corrected chi connectivity index (χ2v) is 8.52. The van der Waals surface area contributed by atoms with E-state index in [-0.39, 0.29) is 6.17 Å². The smallest absolute Gasteiger partial charge is 0.214 e. The Morgan fingerprint density at radius 1 is 0.800 bits per heavy atom. The summed E-state index contributed by atoms with van der Waals surface area (Å²) in [7, 11) is 2.03. The molecule has 7 nitrogen and oxygen atoms in total.